The Balaban J connectivity index is 1.58. The number of carbonyl (C=O) groups is 1. The molecule has 40 heavy (non-hydrogen) atoms. The van der Waals surface area contributed by atoms with Gasteiger partial charge in [-0.3, -0.25) is 4.79 Å². The molecule has 0 aliphatic carbocycles. The largest absolute Gasteiger partial charge is 0.462 e. The highest BCUT2D eigenvalue weighted by molar-refractivity contribution is 7.22. The third-order valence-electron chi connectivity index (χ3n) is 7.01. The first-order valence-corrected chi connectivity index (χ1v) is 13.9. The second-order valence-electron chi connectivity index (χ2n) is 9.60. The fourth-order valence-electron chi connectivity index (χ4n) is 4.78. The van der Waals surface area contributed by atoms with Crippen molar-refractivity contribution in [3.63, 3.8) is 0 Å². The van der Waals surface area contributed by atoms with Gasteiger partial charge in [-0.25, -0.2) is 13.8 Å². The van der Waals surface area contributed by atoms with Gasteiger partial charge >= 0.3 is 6.01 Å². The number of amides is 1. The maximum absolute atomic E-state index is 16.3. The Morgan fingerprint density at radius 2 is 2.15 bits per heavy atom. The van der Waals surface area contributed by atoms with Crippen LogP contribution in [0.25, 0.3) is 32.2 Å². The summed E-state index contributed by atoms with van der Waals surface area (Å²) in [4.78, 5) is 28.7. The highest BCUT2D eigenvalue weighted by Crippen LogP contribution is 2.42. The number of likely N-dealkylation sites (tertiary alicyclic amines) is 1. The van der Waals surface area contributed by atoms with Gasteiger partial charge in [0.25, 0.3) is 0 Å². The van der Waals surface area contributed by atoms with Crippen LogP contribution in [0.15, 0.2) is 30.9 Å². The summed E-state index contributed by atoms with van der Waals surface area (Å²) in [5.74, 6) is -1.17. The van der Waals surface area contributed by atoms with Gasteiger partial charge in [0.1, 0.15) is 23.8 Å². The first-order valence-electron chi connectivity index (χ1n) is 12.7. The number of benzene rings is 2. The van der Waals surface area contributed by atoms with Gasteiger partial charge in [-0.1, -0.05) is 29.5 Å². The number of likely N-dealkylation sites (N-methyl/N-ethyl adjacent to an activating group) is 2. The summed E-state index contributed by atoms with van der Waals surface area (Å²) in [6, 6.07) is 4.40. The highest BCUT2D eigenvalue weighted by atomic mass is 35.5. The minimum absolute atomic E-state index is 0.000140. The fraction of sp³-hybridized carbons (Fsp3) is 0.333. The second kappa shape index (κ2) is 11.5. The average Bonchev–Trinajstić information content (AvgIpc) is 3.53. The molecule has 2 aromatic carbocycles. The van der Waals surface area contributed by atoms with Crippen LogP contribution < -0.4 is 15.8 Å². The van der Waals surface area contributed by atoms with Crippen molar-refractivity contribution in [2.24, 2.45) is 0 Å². The number of thiazole rings is 1. The van der Waals surface area contributed by atoms with Gasteiger partial charge < -0.3 is 25.6 Å². The summed E-state index contributed by atoms with van der Waals surface area (Å²) in [5.41, 5.74) is 6.34. The van der Waals surface area contributed by atoms with Gasteiger partial charge in [-0.15, -0.1) is 0 Å². The van der Waals surface area contributed by atoms with Gasteiger partial charge in [-0.2, -0.15) is 9.97 Å². The van der Waals surface area contributed by atoms with Gasteiger partial charge in [0.05, 0.1) is 15.2 Å². The molecule has 1 fully saturated rings. The summed E-state index contributed by atoms with van der Waals surface area (Å²) in [5, 5.41) is 3.70. The van der Waals surface area contributed by atoms with Gasteiger partial charge in [0.2, 0.25) is 5.91 Å². The normalized spacial score (nSPS) is 15.6. The molecule has 0 saturated carbocycles. The Kier molecular flexibility index (Phi) is 8.02. The number of hydrogen-bond donors (Lipinski definition) is 2. The number of carbonyl (C=O) groups excluding carboxylic acids is 1. The van der Waals surface area contributed by atoms with Crippen molar-refractivity contribution in [2.75, 3.05) is 51.4 Å². The van der Waals surface area contributed by atoms with Crippen LogP contribution in [0, 0.1) is 11.6 Å². The van der Waals surface area contributed by atoms with Crippen LogP contribution in [0.5, 0.6) is 6.01 Å². The number of nitrogens with two attached hydrogens (primary N) is 1. The predicted molar refractivity (Wildman–Crippen MR) is 155 cm³/mol. The molecule has 1 aliphatic rings. The predicted octanol–water partition coefficient (Wildman–Crippen LogP) is 4.95. The van der Waals surface area contributed by atoms with Crippen molar-refractivity contribution >= 4 is 60.9 Å². The molecule has 0 radical (unpaired) electrons. The lowest BCUT2D eigenvalue weighted by Gasteiger charge is -2.20. The Hall–Kier alpha value is -3.61. The Morgan fingerprint density at radius 3 is 2.88 bits per heavy atom. The van der Waals surface area contributed by atoms with E-state index >= 15 is 4.39 Å². The number of fused-ring (bicyclic) bond motifs is 2. The number of rotatable bonds is 9. The monoisotopic (exact) mass is 587 g/mol. The van der Waals surface area contributed by atoms with E-state index in [0.717, 1.165) is 30.7 Å². The van der Waals surface area contributed by atoms with Crippen LogP contribution >= 0.6 is 22.9 Å². The number of ether oxygens (including phenoxy) is 1. The van der Waals surface area contributed by atoms with Crippen molar-refractivity contribution < 1.29 is 18.3 Å². The molecule has 0 bridgehead atoms. The number of nitrogens with zero attached hydrogens (tertiary/aromatic N) is 5. The zero-order chi connectivity index (χ0) is 28.6. The van der Waals surface area contributed by atoms with Crippen LogP contribution in [0.1, 0.15) is 12.8 Å². The lowest BCUT2D eigenvalue weighted by Crippen LogP contribution is -2.31. The Bertz CT molecular complexity index is 1620. The van der Waals surface area contributed by atoms with Crippen LogP contribution in [0.4, 0.5) is 19.7 Å². The summed E-state index contributed by atoms with van der Waals surface area (Å²) in [7, 11) is 3.67. The molecule has 2 aromatic heterocycles. The first-order chi connectivity index (χ1) is 19.2. The zero-order valence-corrected chi connectivity index (χ0v) is 23.6. The molecular formula is C27H28ClF2N7O2S. The summed E-state index contributed by atoms with van der Waals surface area (Å²) < 4.78 is 37.0. The minimum Gasteiger partial charge on any atom is -0.462 e. The summed E-state index contributed by atoms with van der Waals surface area (Å²) >= 11 is 7.61. The number of nitrogens with one attached hydrogen (secondary N) is 1. The third kappa shape index (κ3) is 5.38. The topological polar surface area (TPSA) is 110 Å². The molecule has 1 amide bonds. The van der Waals surface area contributed by atoms with Crippen LogP contribution in [-0.4, -0.2) is 77.0 Å². The molecule has 3 heterocycles. The molecule has 13 heteroatoms. The molecule has 0 spiro atoms. The fourth-order valence-corrected chi connectivity index (χ4v) is 5.84. The summed E-state index contributed by atoms with van der Waals surface area (Å²) in [6.45, 7) is 5.46. The van der Waals surface area contributed by atoms with Crippen molar-refractivity contribution in [3.05, 3.63) is 47.5 Å². The minimum atomic E-state index is -0.728. The molecule has 1 aliphatic heterocycles. The van der Waals surface area contributed by atoms with Crippen LogP contribution in [0.2, 0.25) is 5.02 Å². The lowest BCUT2D eigenvalue weighted by atomic mass is 10.0. The molecule has 9 nitrogen and oxygen atoms in total. The van der Waals surface area contributed by atoms with E-state index < -0.39 is 11.6 Å². The van der Waals surface area contributed by atoms with E-state index in [2.05, 4.69) is 31.7 Å². The number of nitrogen functional groups attached to an aromatic ring is 1. The van der Waals surface area contributed by atoms with Gasteiger partial charge in [-0.05, 0) is 50.7 Å². The van der Waals surface area contributed by atoms with E-state index in [1.54, 1.807) is 13.1 Å². The van der Waals surface area contributed by atoms with E-state index in [1.165, 1.54) is 23.1 Å². The maximum Gasteiger partial charge on any atom is 0.319 e. The third-order valence-corrected chi connectivity index (χ3v) is 8.20. The van der Waals surface area contributed by atoms with Gasteiger partial charge in [0.15, 0.2) is 10.9 Å². The zero-order valence-electron chi connectivity index (χ0n) is 22.0. The highest BCUT2D eigenvalue weighted by Gasteiger charge is 2.25. The second-order valence-corrected chi connectivity index (χ2v) is 11.0. The van der Waals surface area contributed by atoms with Crippen molar-refractivity contribution in [1.29, 1.82) is 0 Å². The lowest BCUT2D eigenvalue weighted by molar-refractivity contribution is -0.124. The molecule has 5 rings (SSSR count). The number of halogens is 3. The number of hydrogen-bond acceptors (Lipinski definition) is 9. The SMILES string of the molecule is C=CC(=O)N(C)CCNc1nc(OCC2CCCN2C)nc2c(F)c(-c3ccc(F)c4sc(N)nc34)c(Cl)cc12. The van der Waals surface area contributed by atoms with Crippen LogP contribution in [0.3, 0.4) is 0 Å². The van der Waals surface area contributed by atoms with Crippen molar-refractivity contribution in [3.8, 4) is 17.1 Å². The summed E-state index contributed by atoms with van der Waals surface area (Å²) in [6.07, 6.45) is 3.27. The van der Waals surface area contributed by atoms with E-state index in [9.17, 15) is 9.18 Å². The molecule has 1 saturated heterocycles. The molecule has 1 unspecified atom stereocenters. The number of aromatic nitrogens is 3. The van der Waals surface area contributed by atoms with Crippen molar-refractivity contribution in [1.82, 2.24) is 24.8 Å². The van der Waals surface area contributed by atoms with Gasteiger partial charge in [0, 0.05) is 42.7 Å². The molecule has 4 aromatic rings. The number of anilines is 2. The van der Waals surface area contributed by atoms with Crippen molar-refractivity contribution in [2.45, 2.75) is 18.9 Å². The van der Waals surface area contributed by atoms with E-state index in [-0.39, 0.29) is 49.4 Å². The van der Waals surface area contributed by atoms with E-state index in [4.69, 9.17) is 22.1 Å². The quantitative estimate of drug-likeness (QED) is 0.265. The molecule has 210 valence electrons. The molecule has 1 atom stereocenters. The van der Waals surface area contributed by atoms with E-state index in [0.29, 0.717) is 36.5 Å². The standard InChI is InChI=1S/C27H28ClF2N7O2S/c1-4-19(38)37(3)11-9-32-25-16-12-17(28)20(15-7-8-18(29)24-23(15)33-26(31)40-24)21(30)22(16)34-27(35-25)39-13-14-6-5-10-36(14)2/h4,7-8,12,14H,1,5-6,9-11,13H2,2-3H3,(H2,31,33)(H,32,34,35). The van der Waals surface area contributed by atoms with Crippen LogP contribution in [-0.2, 0) is 4.79 Å². The smallest absolute Gasteiger partial charge is 0.319 e. The molecule has 3 N–H and O–H groups in total. The average molecular weight is 588 g/mol. The molecular weight excluding hydrogens is 560 g/mol. The first kappa shape index (κ1) is 27.9. The maximum atomic E-state index is 16.3. The Morgan fingerprint density at radius 1 is 1.35 bits per heavy atom. The van der Waals surface area contributed by atoms with E-state index in [1.807, 2.05) is 7.05 Å². The Labute approximate surface area is 238 Å².